The maximum Gasteiger partial charge on any atom is 0.254 e. The molecular formula is C38H40N6O3. The van der Waals surface area contributed by atoms with Gasteiger partial charge in [0.15, 0.2) is 11.6 Å². The first-order valence-electron chi connectivity index (χ1n) is 16.6. The fourth-order valence-electron chi connectivity index (χ4n) is 7.66. The fraction of sp³-hybridized carbons (Fsp3) is 0.368. The number of Topliss-reactive ketones (excluding diaryl/α,β-unsaturated/α-hetero) is 1. The summed E-state index contributed by atoms with van der Waals surface area (Å²) in [4.78, 5) is 38.4. The summed E-state index contributed by atoms with van der Waals surface area (Å²) in [7, 11) is 3.64. The van der Waals surface area contributed by atoms with Gasteiger partial charge in [-0.1, -0.05) is 24.8 Å². The van der Waals surface area contributed by atoms with Crippen LogP contribution in [0.3, 0.4) is 0 Å². The number of methoxy groups -OCH3 is 1. The number of amides is 1. The van der Waals surface area contributed by atoms with E-state index in [1.54, 1.807) is 14.0 Å². The van der Waals surface area contributed by atoms with E-state index in [0.717, 1.165) is 69.8 Å². The van der Waals surface area contributed by atoms with Gasteiger partial charge in [0.2, 0.25) is 0 Å². The van der Waals surface area contributed by atoms with Crippen LogP contribution in [0.4, 0.5) is 0 Å². The van der Waals surface area contributed by atoms with Crippen LogP contribution >= 0.6 is 0 Å². The van der Waals surface area contributed by atoms with Gasteiger partial charge < -0.3 is 24.5 Å². The van der Waals surface area contributed by atoms with Crippen molar-refractivity contribution >= 4 is 33.8 Å². The van der Waals surface area contributed by atoms with Gasteiger partial charge in [0.05, 0.1) is 24.0 Å². The minimum Gasteiger partial charge on any atom is -0.494 e. The number of piperidine rings is 1. The number of hydrogen-bond acceptors (Lipinski definition) is 6. The van der Waals surface area contributed by atoms with Crippen LogP contribution in [-0.2, 0) is 24.8 Å². The van der Waals surface area contributed by atoms with Crippen molar-refractivity contribution in [3.8, 4) is 28.5 Å². The molecule has 2 bridgehead atoms. The number of aryl methyl sites for hydroxylation is 1. The number of likely N-dealkylation sites (tertiary alicyclic amines) is 1. The van der Waals surface area contributed by atoms with Crippen molar-refractivity contribution in [2.75, 3.05) is 13.7 Å². The van der Waals surface area contributed by atoms with Crippen LogP contribution < -0.4 is 10.5 Å². The average molecular weight is 629 g/mol. The van der Waals surface area contributed by atoms with Gasteiger partial charge in [0, 0.05) is 55.2 Å². The molecule has 240 valence electrons. The highest BCUT2D eigenvalue weighted by atomic mass is 16.5. The summed E-state index contributed by atoms with van der Waals surface area (Å²) >= 11 is 0. The number of nitrogens with zero attached hydrogens (tertiary/aromatic N) is 5. The number of ether oxygens (including phenoxy) is 1. The third kappa shape index (κ3) is 5.04. The minimum atomic E-state index is -0.00677. The van der Waals surface area contributed by atoms with Gasteiger partial charge in [-0.15, -0.1) is 0 Å². The Morgan fingerprint density at radius 1 is 1.04 bits per heavy atom. The molecule has 1 aliphatic heterocycles. The molecular weight excluding hydrogens is 588 g/mol. The fourth-order valence-corrected chi connectivity index (χ4v) is 7.66. The third-order valence-corrected chi connectivity index (χ3v) is 10.5. The van der Waals surface area contributed by atoms with Gasteiger partial charge in [-0.2, -0.15) is 0 Å². The predicted molar refractivity (Wildman–Crippen MR) is 183 cm³/mol. The third-order valence-electron chi connectivity index (χ3n) is 10.5. The molecule has 47 heavy (non-hydrogen) atoms. The Balaban J connectivity index is 1.20. The number of hydrogen-bond donors (Lipinski definition) is 1. The van der Waals surface area contributed by atoms with E-state index in [-0.39, 0.29) is 23.8 Å². The number of benzene rings is 2. The summed E-state index contributed by atoms with van der Waals surface area (Å²) < 4.78 is 10.2. The van der Waals surface area contributed by atoms with E-state index in [4.69, 9.17) is 20.4 Å². The summed E-state index contributed by atoms with van der Waals surface area (Å²) in [5.41, 5.74) is 13.8. The summed E-state index contributed by atoms with van der Waals surface area (Å²) in [6.45, 7) is 7.12. The second-order valence-corrected chi connectivity index (χ2v) is 13.8. The molecule has 0 radical (unpaired) electrons. The lowest BCUT2D eigenvalue weighted by Gasteiger charge is -2.27. The summed E-state index contributed by atoms with van der Waals surface area (Å²) in [5, 5.41) is 1.04. The number of nitrogens with two attached hydrogens (primary N) is 1. The normalized spacial score (nSPS) is 20.4. The van der Waals surface area contributed by atoms with Crippen molar-refractivity contribution in [3.05, 3.63) is 77.9 Å². The molecule has 3 aliphatic rings. The molecule has 3 atom stereocenters. The molecule has 2 N–H and O–H groups in total. The number of imidazole rings is 1. The van der Waals surface area contributed by atoms with Crippen molar-refractivity contribution in [1.82, 2.24) is 24.0 Å². The molecule has 2 saturated carbocycles. The van der Waals surface area contributed by atoms with Gasteiger partial charge in [-0.3, -0.25) is 9.59 Å². The SMILES string of the molecule is C=C(C)C(=O)Cc1cccc(-c2ccc3cc(-c4nc5cc(C(=O)N6CC7CCC6[C@@H]7N)cc(OC)c5n4C)n(CC4CC4)c3n2)c1. The first kappa shape index (κ1) is 29.6. The number of pyridine rings is 1. The number of ketones is 1. The average Bonchev–Trinajstić information content (AvgIpc) is 3.47. The maximum atomic E-state index is 13.8. The van der Waals surface area contributed by atoms with Gasteiger partial charge in [0.1, 0.15) is 16.9 Å². The van der Waals surface area contributed by atoms with E-state index >= 15 is 0 Å². The second kappa shape index (κ2) is 11.2. The smallest absolute Gasteiger partial charge is 0.254 e. The number of rotatable bonds is 9. The van der Waals surface area contributed by atoms with Gasteiger partial charge in [-0.25, -0.2) is 9.97 Å². The molecule has 3 aromatic heterocycles. The van der Waals surface area contributed by atoms with E-state index in [9.17, 15) is 9.59 Å². The van der Waals surface area contributed by atoms with Crippen LogP contribution in [-0.4, -0.2) is 61.4 Å². The summed E-state index contributed by atoms with van der Waals surface area (Å²) in [6.07, 6.45) is 4.77. The molecule has 2 aromatic carbocycles. The van der Waals surface area contributed by atoms with E-state index in [2.05, 4.69) is 27.8 Å². The lowest BCUT2D eigenvalue weighted by Crippen LogP contribution is -2.41. The zero-order valence-corrected chi connectivity index (χ0v) is 27.2. The van der Waals surface area contributed by atoms with Crippen molar-refractivity contribution in [1.29, 1.82) is 0 Å². The highest BCUT2D eigenvalue weighted by Gasteiger charge is 2.47. The molecule has 2 aliphatic carbocycles. The van der Waals surface area contributed by atoms with Crippen LogP contribution in [0, 0.1) is 11.8 Å². The van der Waals surface area contributed by atoms with Gasteiger partial charge >= 0.3 is 0 Å². The van der Waals surface area contributed by atoms with Crippen molar-refractivity contribution in [2.45, 2.75) is 57.7 Å². The monoisotopic (exact) mass is 628 g/mol. The minimum absolute atomic E-state index is 0.00677. The molecule has 5 aromatic rings. The lowest BCUT2D eigenvalue weighted by molar-refractivity contribution is -0.114. The number of allylic oxidation sites excluding steroid dienone is 1. The Hall–Kier alpha value is -4.76. The van der Waals surface area contributed by atoms with Crippen molar-refractivity contribution in [3.63, 3.8) is 0 Å². The Bertz CT molecular complexity index is 2100. The number of aromatic nitrogens is 4. The van der Waals surface area contributed by atoms with Crippen LogP contribution in [0.5, 0.6) is 5.75 Å². The zero-order valence-electron chi connectivity index (χ0n) is 27.2. The Morgan fingerprint density at radius 3 is 2.57 bits per heavy atom. The molecule has 0 spiro atoms. The lowest BCUT2D eigenvalue weighted by atomic mass is 10.0. The maximum absolute atomic E-state index is 13.8. The first-order valence-corrected chi connectivity index (χ1v) is 16.6. The summed E-state index contributed by atoms with van der Waals surface area (Å²) in [5.74, 6) is 2.43. The predicted octanol–water partition coefficient (Wildman–Crippen LogP) is 5.93. The number of carbonyl (C=O) groups excluding carboxylic acids is 2. The zero-order chi connectivity index (χ0) is 32.6. The highest BCUT2D eigenvalue weighted by molar-refractivity contribution is 6.00. The molecule has 9 heteroatoms. The Labute approximate surface area is 274 Å². The molecule has 1 saturated heterocycles. The van der Waals surface area contributed by atoms with Gasteiger partial charge in [0.25, 0.3) is 5.91 Å². The van der Waals surface area contributed by atoms with Crippen molar-refractivity contribution in [2.24, 2.45) is 24.6 Å². The second-order valence-electron chi connectivity index (χ2n) is 13.8. The van der Waals surface area contributed by atoms with Crippen molar-refractivity contribution < 1.29 is 14.3 Å². The Kier molecular flexibility index (Phi) is 7.06. The van der Waals surface area contributed by atoms with Gasteiger partial charge in [-0.05, 0) is 92.0 Å². The number of fused-ring (bicyclic) bond motifs is 4. The topological polar surface area (TPSA) is 108 Å². The summed E-state index contributed by atoms with van der Waals surface area (Å²) in [6, 6.07) is 18.3. The Morgan fingerprint density at radius 2 is 1.87 bits per heavy atom. The standard InChI is InChI=1S/C38H40N6O3/c1-21(2)32(45)15-23-6-5-7-24(14-23)28-12-10-25-17-31(43(36(25)40-28)19-22-8-9-22)37-41-29-16-27(18-33(47-4)35(29)42(37)3)38(46)44-20-26-11-13-30(44)34(26)39/h5-7,10,12,14,16-18,22,26,30,34H,1,8-9,11,13,15,19-20,39H2,2-4H3/t26?,30?,34-/m1/s1. The first-order chi connectivity index (χ1) is 22.7. The molecule has 4 heterocycles. The highest BCUT2D eigenvalue weighted by Crippen LogP contribution is 2.40. The van der Waals surface area contributed by atoms with Crippen LogP contribution in [0.2, 0.25) is 0 Å². The van der Waals surface area contributed by atoms with Crippen LogP contribution in [0.25, 0.3) is 44.8 Å². The quantitative estimate of drug-likeness (QED) is 0.203. The van der Waals surface area contributed by atoms with E-state index in [1.807, 2.05) is 54.4 Å². The molecule has 3 fully saturated rings. The van der Waals surface area contributed by atoms with E-state index in [0.29, 0.717) is 41.7 Å². The largest absolute Gasteiger partial charge is 0.494 e. The molecule has 8 rings (SSSR count). The molecule has 2 unspecified atom stereocenters. The molecule has 9 nitrogen and oxygen atoms in total. The van der Waals surface area contributed by atoms with E-state index in [1.165, 1.54) is 12.8 Å². The van der Waals surface area contributed by atoms with Crippen LogP contribution in [0.1, 0.15) is 48.5 Å². The van der Waals surface area contributed by atoms with Crippen LogP contribution in [0.15, 0.2) is 66.7 Å². The molecule has 1 amide bonds. The number of carbonyl (C=O) groups is 2. The van der Waals surface area contributed by atoms with E-state index < -0.39 is 0 Å².